The largest absolute Gasteiger partial charge is 0.478 e. The van der Waals surface area contributed by atoms with Crippen molar-refractivity contribution in [2.75, 3.05) is 0 Å². The summed E-state index contributed by atoms with van der Waals surface area (Å²) in [7, 11) is 0. The molecule has 2 unspecified atom stereocenters. The van der Waals surface area contributed by atoms with Crippen LogP contribution in [-0.4, -0.2) is 45.8 Å². The Hall–Kier alpha value is -3.17. The Kier molecular flexibility index (Phi) is 5.17. The molecule has 0 bridgehead atoms. The number of hydrogen-bond acceptors (Lipinski definition) is 7. The number of carboxylic acids is 2. The third-order valence-electron chi connectivity index (χ3n) is 2.27. The van der Waals surface area contributed by atoms with Crippen LogP contribution in [0.1, 0.15) is 0 Å². The molecule has 2 N–H and O–H groups in total. The van der Waals surface area contributed by atoms with Gasteiger partial charge < -0.3 is 19.7 Å². The maximum absolute atomic E-state index is 11.0. The summed E-state index contributed by atoms with van der Waals surface area (Å²) in [6.07, 6.45) is -4.07. The number of rotatable bonds is 8. The monoisotopic (exact) mass is 299 g/mol. The van der Waals surface area contributed by atoms with Crippen molar-refractivity contribution in [1.82, 2.24) is 0 Å². The second-order valence-corrected chi connectivity index (χ2v) is 3.62. The number of ether oxygens (including phenoxy) is 2. The van der Waals surface area contributed by atoms with Gasteiger partial charge in [0.2, 0.25) is 12.2 Å². The predicted octanol–water partition coefficient (Wildman–Crippen LogP) is 0.0530. The summed E-state index contributed by atoms with van der Waals surface area (Å²) >= 11 is 0. The first-order valence-corrected chi connectivity index (χ1v) is 5.32. The summed E-state index contributed by atoms with van der Waals surface area (Å²) in [5.74, 6) is -3.52. The van der Waals surface area contributed by atoms with E-state index >= 15 is 0 Å². The number of carboxylic acid groups (broad SMARTS) is 2. The highest BCUT2D eigenvalue weighted by atomic mass is 16.6. The predicted molar refractivity (Wildman–Crippen MR) is 63.7 cm³/mol. The van der Waals surface area contributed by atoms with Gasteiger partial charge in [0, 0.05) is 12.1 Å². The van der Waals surface area contributed by atoms with Gasteiger partial charge in [-0.1, -0.05) is 0 Å². The molecule has 1 aromatic carbocycles. The molecule has 0 aliphatic rings. The Balaban J connectivity index is 2.96. The van der Waals surface area contributed by atoms with Crippen LogP contribution in [0.3, 0.4) is 0 Å². The standard InChI is InChI=1S/C11H9NO9/c13-5-20-8(10(14)15)9(11(16)17)21-7-3-1-6(2-4-7)12(18)19/h1-5,8-9H,(H,14,15)(H,16,17). The molecule has 0 radical (unpaired) electrons. The minimum Gasteiger partial charge on any atom is -0.478 e. The topological polar surface area (TPSA) is 153 Å². The molecule has 0 saturated heterocycles. The van der Waals surface area contributed by atoms with Crippen molar-refractivity contribution < 1.29 is 39.0 Å². The molecule has 10 nitrogen and oxygen atoms in total. The van der Waals surface area contributed by atoms with Crippen molar-refractivity contribution >= 4 is 24.1 Å². The van der Waals surface area contributed by atoms with Crippen LogP contribution in [0, 0.1) is 10.1 Å². The summed E-state index contributed by atoms with van der Waals surface area (Å²) < 4.78 is 9.07. The van der Waals surface area contributed by atoms with E-state index in [2.05, 4.69) is 4.74 Å². The van der Waals surface area contributed by atoms with Crippen LogP contribution in [0.2, 0.25) is 0 Å². The average Bonchev–Trinajstić information content (AvgIpc) is 2.42. The van der Waals surface area contributed by atoms with Gasteiger partial charge in [-0.25, -0.2) is 9.59 Å². The van der Waals surface area contributed by atoms with Gasteiger partial charge in [-0.05, 0) is 12.1 Å². The van der Waals surface area contributed by atoms with E-state index in [4.69, 9.17) is 14.9 Å². The second-order valence-electron chi connectivity index (χ2n) is 3.62. The number of nitro benzene ring substituents is 1. The van der Waals surface area contributed by atoms with Crippen LogP contribution in [-0.2, 0) is 19.1 Å². The summed E-state index contributed by atoms with van der Waals surface area (Å²) in [4.78, 5) is 41.9. The van der Waals surface area contributed by atoms with Crippen molar-refractivity contribution in [3.8, 4) is 5.75 Å². The van der Waals surface area contributed by atoms with Crippen LogP contribution < -0.4 is 4.74 Å². The molecule has 0 fully saturated rings. The normalized spacial score (nSPS) is 12.8. The Morgan fingerprint density at radius 3 is 2.05 bits per heavy atom. The van der Waals surface area contributed by atoms with Gasteiger partial charge in [0.05, 0.1) is 4.92 Å². The highest BCUT2D eigenvalue weighted by Crippen LogP contribution is 2.20. The van der Waals surface area contributed by atoms with E-state index in [0.717, 1.165) is 24.3 Å². The lowest BCUT2D eigenvalue weighted by atomic mass is 10.2. The Morgan fingerprint density at radius 2 is 1.67 bits per heavy atom. The molecule has 2 atom stereocenters. The Labute approximate surface area is 116 Å². The maximum Gasteiger partial charge on any atom is 0.349 e. The minimum atomic E-state index is -2.06. The fourth-order valence-corrected chi connectivity index (χ4v) is 1.35. The van der Waals surface area contributed by atoms with Gasteiger partial charge in [0.1, 0.15) is 5.75 Å². The fraction of sp³-hybridized carbons (Fsp3) is 0.182. The highest BCUT2D eigenvalue weighted by Gasteiger charge is 2.37. The van der Waals surface area contributed by atoms with E-state index in [1.54, 1.807) is 0 Å². The van der Waals surface area contributed by atoms with Gasteiger partial charge in [-0.3, -0.25) is 14.9 Å². The van der Waals surface area contributed by atoms with Crippen LogP contribution in [0.15, 0.2) is 24.3 Å². The summed E-state index contributed by atoms with van der Waals surface area (Å²) in [6.45, 7) is -0.214. The van der Waals surface area contributed by atoms with Gasteiger partial charge in [0.25, 0.3) is 12.2 Å². The quantitative estimate of drug-likeness (QED) is 0.385. The Morgan fingerprint density at radius 1 is 1.14 bits per heavy atom. The Bertz CT molecular complexity index is 553. The molecule has 0 saturated carbocycles. The van der Waals surface area contributed by atoms with Gasteiger partial charge in [-0.2, -0.15) is 0 Å². The molecule has 0 aliphatic heterocycles. The zero-order valence-corrected chi connectivity index (χ0v) is 10.2. The molecular weight excluding hydrogens is 290 g/mol. The van der Waals surface area contributed by atoms with Crippen molar-refractivity contribution in [2.45, 2.75) is 12.2 Å². The number of carbonyl (C=O) groups excluding carboxylic acids is 1. The first-order chi connectivity index (χ1) is 9.86. The molecule has 21 heavy (non-hydrogen) atoms. The van der Waals surface area contributed by atoms with Gasteiger partial charge in [0.15, 0.2) is 0 Å². The number of non-ortho nitro benzene ring substituents is 1. The van der Waals surface area contributed by atoms with E-state index in [9.17, 15) is 24.5 Å². The summed E-state index contributed by atoms with van der Waals surface area (Å²) in [5, 5.41) is 28.2. The van der Waals surface area contributed by atoms with Crippen LogP contribution in [0.25, 0.3) is 0 Å². The molecule has 0 spiro atoms. The van der Waals surface area contributed by atoms with E-state index in [0.29, 0.717) is 0 Å². The van der Waals surface area contributed by atoms with Gasteiger partial charge >= 0.3 is 11.9 Å². The number of aliphatic carboxylic acids is 2. The number of benzene rings is 1. The van der Waals surface area contributed by atoms with Crippen molar-refractivity contribution in [1.29, 1.82) is 0 Å². The summed E-state index contributed by atoms with van der Waals surface area (Å²) in [6, 6.07) is 4.27. The second kappa shape index (κ2) is 6.84. The SMILES string of the molecule is O=COC(C(=O)O)C(Oc1ccc([N+](=O)[O-])cc1)C(=O)O. The van der Waals surface area contributed by atoms with Crippen molar-refractivity contribution in [2.24, 2.45) is 0 Å². The first kappa shape index (κ1) is 15.9. The van der Waals surface area contributed by atoms with Crippen molar-refractivity contribution in [3.63, 3.8) is 0 Å². The van der Waals surface area contributed by atoms with E-state index in [1.807, 2.05) is 0 Å². The lowest BCUT2D eigenvalue weighted by molar-refractivity contribution is -0.384. The molecule has 0 aliphatic carbocycles. The van der Waals surface area contributed by atoms with Crippen LogP contribution >= 0.6 is 0 Å². The van der Waals surface area contributed by atoms with Crippen LogP contribution in [0.5, 0.6) is 5.75 Å². The lowest BCUT2D eigenvalue weighted by Crippen LogP contribution is -2.45. The average molecular weight is 299 g/mol. The third-order valence-corrected chi connectivity index (χ3v) is 2.27. The number of carbonyl (C=O) groups is 3. The third kappa shape index (κ3) is 4.16. The molecule has 1 aromatic rings. The molecule has 0 amide bonds. The zero-order chi connectivity index (χ0) is 16.0. The molecular formula is C11H9NO9. The van der Waals surface area contributed by atoms with E-state index in [1.165, 1.54) is 0 Å². The van der Waals surface area contributed by atoms with E-state index < -0.39 is 29.1 Å². The number of nitrogens with zero attached hydrogens (tertiary/aromatic N) is 1. The molecule has 0 heterocycles. The van der Waals surface area contributed by atoms with Crippen LogP contribution in [0.4, 0.5) is 5.69 Å². The molecule has 1 rings (SSSR count). The summed E-state index contributed by atoms with van der Waals surface area (Å²) in [5.41, 5.74) is -0.256. The lowest BCUT2D eigenvalue weighted by Gasteiger charge is -2.19. The smallest absolute Gasteiger partial charge is 0.349 e. The minimum absolute atomic E-state index is 0.131. The fourth-order valence-electron chi connectivity index (χ4n) is 1.35. The molecule has 0 aromatic heterocycles. The van der Waals surface area contributed by atoms with Gasteiger partial charge in [-0.15, -0.1) is 0 Å². The zero-order valence-electron chi connectivity index (χ0n) is 10.2. The highest BCUT2D eigenvalue weighted by molar-refractivity contribution is 5.84. The van der Waals surface area contributed by atoms with Crippen molar-refractivity contribution in [3.05, 3.63) is 34.4 Å². The molecule has 112 valence electrons. The maximum atomic E-state index is 11.0. The number of nitro groups is 1. The van der Waals surface area contributed by atoms with E-state index in [-0.39, 0.29) is 17.9 Å². The molecule has 10 heteroatoms. The number of hydrogen-bond donors (Lipinski definition) is 2. The first-order valence-electron chi connectivity index (χ1n) is 5.32.